The van der Waals surface area contributed by atoms with Crippen molar-refractivity contribution in [2.24, 2.45) is 11.8 Å². The molecule has 0 aromatic carbocycles. The fourth-order valence-electron chi connectivity index (χ4n) is 4.40. The van der Waals surface area contributed by atoms with Crippen LogP contribution in [-0.4, -0.2) is 35.3 Å². The maximum absolute atomic E-state index is 10.4. The highest BCUT2D eigenvalue weighted by Gasteiger charge is 2.49. The Morgan fingerprint density at radius 1 is 1.39 bits per heavy atom. The van der Waals surface area contributed by atoms with E-state index >= 15 is 0 Å². The van der Waals surface area contributed by atoms with Gasteiger partial charge in [0, 0.05) is 25.1 Å². The van der Waals surface area contributed by atoms with Crippen molar-refractivity contribution in [2.45, 2.75) is 45.1 Å². The zero-order valence-electron chi connectivity index (χ0n) is 14.5. The maximum Gasteiger partial charge on any atom is 0.135 e. The number of aromatic nitrogens is 2. The van der Waals surface area contributed by atoms with Crippen molar-refractivity contribution in [3.63, 3.8) is 0 Å². The molecule has 1 heterocycles. The minimum absolute atomic E-state index is 0.0471. The number of rotatable bonds is 1. The SMILES string of the molecule is Cc1nc(N(C)C)c2c(n1)[C@@]1(C)C=C(C#N)C(O)[C@@H](C)[C@@H]1CC2. The van der Waals surface area contributed by atoms with Crippen LogP contribution in [0.5, 0.6) is 0 Å². The standard InChI is InChI=1S/C18H24N4O/c1-10-14-7-6-13-16(20-11(2)21-17(13)22(4)5)18(14,3)8-12(9-19)15(10)23/h8,10,14-15,23H,6-7H2,1-5H3/t10-,14-,15?,18-/m0/s1. The van der Waals surface area contributed by atoms with E-state index in [0.29, 0.717) is 5.57 Å². The van der Waals surface area contributed by atoms with Crippen LogP contribution in [0.1, 0.15) is 37.4 Å². The second-order valence-corrected chi connectivity index (χ2v) is 7.26. The average molecular weight is 312 g/mol. The van der Waals surface area contributed by atoms with Gasteiger partial charge in [-0.1, -0.05) is 19.9 Å². The summed E-state index contributed by atoms with van der Waals surface area (Å²) in [5, 5.41) is 19.8. The molecule has 1 aromatic rings. The Balaban J connectivity index is 2.27. The van der Waals surface area contributed by atoms with Gasteiger partial charge in [0.1, 0.15) is 11.6 Å². The van der Waals surface area contributed by atoms with Crippen LogP contribution < -0.4 is 4.90 Å². The molecule has 0 bridgehead atoms. The molecular formula is C18H24N4O. The molecule has 5 heteroatoms. The Kier molecular flexibility index (Phi) is 3.68. The van der Waals surface area contributed by atoms with Crippen LogP contribution in [0.2, 0.25) is 0 Å². The van der Waals surface area contributed by atoms with E-state index in [9.17, 15) is 10.4 Å². The largest absolute Gasteiger partial charge is 0.387 e. The lowest BCUT2D eigenvalue weighted by atomic mass is 9.57. The number of hydrogen-bond donors (Lipinski definition) is 1. The first-order valence-electron chi connectivity index (χ1n) is 8.15. The van der Waals surface area contributed by atoms with Crippen molar-refractivity contribution in [3.05, 3.63) is 28.7 Å². The van der Waals surface area contributed by atoms with Gasteiger partial charge in [0.05, 0.1) is 23.4 Å². The van der Waals surface area contributed by atoms with Gasteiger partial charge >= 0.3 is 0 Å². The molecule has 122 valence electrons. The Labute approximate surface area is 137 Å². The molecule has 5 nitrogen and oxygen atoms in total. The summed E-state index contributed by atoms with van der Waals surface area (Å²) in [5.74, 6) is 2.05. The molecule has 1 aromatic heterocycles. The van der Waals surface area contributed by atoms with Gasteiger partial charge in [0.25, 0.3) is 0 Å². The summed E-state index contributed by atoms with van der Waals surface area (Å²) in [6.07, 6.45) is 3.17. The van der Waals surface area contributed by atoms with Crippen LogP contribution in [0.15, 0.2) is 11.6 Å². The van der Waals surface area contributed by atoms with Crippen molar-refractivity contribution >= 4 is 5.82 Å². The topological polar surface area (TPSA) is 73.0 Å². The highest BCUT2D eigenvalue weighted by atomic mass is 16.3. The number of allylic oxidation sites excluding steroid dienone is 1. The van der Waals surface area contributed by atoms with Crippen LogP contribution in [0.25, 0.3) is 0 Å². The molecule has 0 saturated carbocycles. The number of nitrogens with zero attached hydrogens (tertiary/aromatic N) is 4. The van der Waals surface area contributed by atoms with E-state index in [1.54, 1.807) is 0 Å². The van der Waals surface area contributed by atoms with Gasteiger partial charge in [-0.25, -0.2) is 9.97 Å². The molecule has 1 N–H and O–H groups in total. The summed E-state index contributed by atoms with van der Waals surface area (Å²) >= 11 is 0. The predicted octanol–water partition coefficient (Wildman–Crippen LogP) is 2.13. The lowest BCUT2D eigenvalue weighted by molar-refractivity contribution is 0.0668. The lowest BCUT2D eigenvalue weighted by Crippen LogP contribution is -2.47. The fraction of sp³-hybridized carbons (Fsp3) is 0.611. The van der Waals surface area contributed by atoms with E-state index < -0.39 is 6.10 Å². The molecule has 0 aliphatic heterocycles. The number of hydrogen-bond acceptors (Lipinski definition) is 5. The monoisotopic (exact) mass is 312 g/mol. The average Bonchev–Trinajstić information content (AvgIpc) is 2.50. The third kappa shape index (κ3) is 2.24. The second kappa shape index (κ2) is 5.31. The first-order valence-corrected chi connectivity index (χ1v) is 8.15. The quantitative estimate of drug-likeness (QED) is 0.860. The van der Waals surface area contributed by atoms with E-state index in [0.717, 1.165) is 30.2 Å². The van der Waals surface area contributed by atoms with Gasteiger partial charge in [0.15, 0.2) is 0 Å². The summed E-state index contributed by atoms with van der Waals surface area (Å²) in [5.41, 5.74) is 2.34. The molecule has 0 fully saturated rings. The summed E-state index contributed by atoms with van der Waals surface area (Å²) in [6, 6.07) is 2.18. The molecule has 23 heavy (non-hydrogen) atoms. The lowest BCUT2D eigenvalue weighted by Gasteiger charge is -2.48. The zero-order valence-corrected chi connectivity index (χ0v) is 14.5. The molecular weight excluding hydrogens is 288 g/mol. The zero-order chi connectivity index (χ0) is 16.9. The van der Waals surface area contributed by atoms with Crippen LogP contribution in [-0.2, 0) is 11.8 Å². The summed E-state index contributed by atoms with van der Waals surface area (Å²) in [6.45, 7) is 6.11. The van der Waals surface area contributed by atoms with E-state index in [1.165, 1.54) is 5.56 Å². The predicted molar refractivity (Wildman–Crippen MR) is 89.1 cm³/mol. The molecule has 3 rings (SSSR count). The van der Waals surface area contributed by atoms with E-state index in [2.05, 4.69) is 18.0 Å². The fourth-order valence-corrected chi connectivity index (χ4v) is 4.40. The van der Waals surface area contributed by atoms with Crippen LogP contribution in [0.4, 0.5) is 5.82 Å². The molecule has 2 aliphatic carbocycles. The maximum atomic E-state index is 10.4. The number of nitriles is 1. The Morgan fingerprint density at radius 2 is 2.09 bits per heavy atom. The van der Waals surface area contributed by atoms with Crippen LogP contribution in [0.3, 0.4) is 0 Å². The van der Waals surface area contributed by atoms with Crippen LogP contribution in [0, 0.1) is 30.1 Å². The third-order valence-corrected chi connectivity index (χ3v) is 5.54. The minimum atomic E-state index is -0.670. The van der Waals surface area contributed by atoms with Gasteiger partial charge in [-0.15, -0.1) is 0 Å². The third-order valence-electron chi connectivity index (χ3n) is 5.54. The molecule has 0 spiro atoms. The molecule has 0 saturated heterocycles. The van der Waals surface area contributed by atoms with Crippen molar-refractivity contribution in [1.82, 2.24) is 9.97 Å². The number of aliphatic hydroxyl groups excluding tert-OH is 1. The summed E-state index contributed by atoms with van der Waals surface area (Å²) in [7, 11) is 4.00. The van der Waals surface area contributed by atoms with E-state index in [4.69, 9.17) is 4.98 Å². The van der Waals surface area contributed by atoms with Crippen molar-refractivity contribution in [3.8, 4) is 6.07 Å². The van der Waals surface area contributed by atoms with Crippen molar-refractivity contribution in [2.75, 3.05) is 19.0 Å². The smallest absolute Gasteiger partial charge is 0.135 e. The first-order chi connectivity index (χ1) is 10.8. The number of anilines is 1. The molecule has 1 unspecified atom stereocenters. The normalized spacial score (nSPS) is 32.4. The van der Waals surface area contributed by atoms with Gasteiger partial charge in [-0.3, -0.25) is 0 Å². The highest BCUT2D eigenvalue weighted by Crippen LogP contribution is 2.51. The second-order valence-electron chi connectivity index (χ2n) is 7.26. The summed E-state index contributed by atoms with van der Waals surface area (Å²) in [4.78, 5) is 11.4. The number of fused-ring (bicyclic) bond motifs is 3. The Morgan fingerprint density at radius 3 is 2.70 bits per heavy atom. The molecule has 0 amide bonds. The molecule has 2 aliphatic rings. The summed E-state index contributed by atoms with van der Waals surface area (Å²) < 4.78 is 0. The van der Waals surface area contributed by atoms with Gasteiger partial charge < -0.3 is 10.0 Å². The van der Waals surface area contributed by atoms with Crippen molar-refractivity contribution < 1.29 is 5.11 Å². The Hall–Kier alpha value is -1.93. The first kappa shape index (κ1) is 15.9. The number of aliphatic hydroxyl groups is 1. The highest BCUT2D eigenvalue weighted by molar-refractivity contribution is 5.54. The molecule has 4 atom stereocenters. The van der Waals surface area contributed by atoms with Crippen molar-refractivity contribution in [1.29, 1.82) is 5.26 Å². The molecule has 0 radical (unpaired) electrons. The van der Waals surface area contributed by atoms with E-state index in [1.807, 2.05) is 38.9 Å². The van der Waals surface area contributed by atoms with Gasteiger partial charge in [-0.2, -0.15) is 5.26 Å². The minimum Gasteiger partial charge on any atom is -0.387 e. The van der Waals surface area contributed by atoms with Gasteiger partial charge in [0.2, 0.25) is 0 Å². The van der Waals surface area contributed by atoms with Gasteiger partial charge in [-0.05, 0) is 31.6 Å². The van der Waals surface area contributed by atoms with E-state index in [-0.39, 0.29) is 17.3 Å². The van der Waals surface area contributed by atoms with Crippen LogP contribution >= 0.6 is 0 Å². The number of aryl methyl sites for hydroxylation is 1. The Bertz CT molecular complexity index is 718.